The minimum absolute atomic E-state index is 0.168. The van der Waals surface area contributed by atoms with Gasteiger partial charge in [0, 0.05) is 10.3 Å². The van der Waals surface area contributed by atoms with Crippen LogP contribution in [0.1, 0.15) is 37.5 Å². The fourth-order valence-electron chi connectivity index (χ4n) is 2.77. The molecular formula is C18H19NO4S. The highest BCUT2D eigenvalue weighted by atomic mass is 32.1. The third-order valence-corrected chi connectivity index (χ3v) is 4.87. The molecule has 1 atom stereocenters. The summed E-state index contributed by atoms with van der Waals surface area (Å²) in [5.74, 6) is -0.631. The van der Waals surface area contributed by atoms with Gasteiger partial charge in [-0.15, -0.1) is 11.3 Å². The average Bonchev–Trinajstić information content (AvgIpc) is 3.23. The van der Waals surface area contributed by atoms with Crippen LogP contribution in [-0.2, 0) is 16.1 Å². The van der Waals surface area contributed by atoms with Crippen LogP contribution in [0.3, 0.4) is 0 Å². The molecule has 0 bridgehead atoms. The number of carbonyl (C=O) groups is 2. The summed E-state index contributed by atoms with van der Waals surface area (Å²) in [6.45, 7) is 5.53. The number of Topliss-reactive ketones (excluding diaryl/α,β-unsaturated/α-hetero) is 1. The molecule has 126 valence electrons. The molecule has 6 heteroatoms. The minimum Gasteiger partial charge on any atom is -0.503 e. The number of ketones is 1. The Morgan fingerprint density at radius 2 is 2.08 bits per heavy atom. The molecule has 1 N–H and O–H groups in total. The Morgan fingerprint density at radius 1 is 1.33 bits per heavy atom. The molecule has 0 saturated heterocycles. The first kappa shape index (κ1) is 16.5. The van der Waals surface area contributed by atoms with Gasteiger partial charge >= 0.3 is 0 Å². The largest absolute Gasteiger partial charge is 0.503 e. The van der Waals surface area contributed by atoms with E-state index in [-0.39, 0.29) is 17.9 Å². The Hall–Kier alpha value is -2.34. The van der Waals surface area contributed by atoms with E-state index in [1.54, 1.807) is 32.9 Å². The molecule has 0 spiro atoms. The number of hydrogen-bond acceptors (Lipinski definition) is 5. The number of aliphatic hydroxyl groups excluding tert-OH is 1. The molecule has 1 aliphatic heterocycles. The molecule has 0 aromatic carbocycles. The molecule has 2 aromatic heterocycles. The molecular weight excluding hydrogens is 326 g/mol. The predicted octanol–water partition coefficient (Wildman–Crippen LogP) is 3.85. The highest BCUT2D eigenvalue weighted by molar-refractivity contribution is 7.10. The molecule has 0 aliphatic carbocycles. The van der Waals surface area contributed by atoms with Crippen molar-refractivity contribution in [2.75, 3.05) is 0 Å². The summed E-state index contributed by atoms with van der Waals surface area (Å²) in [7, 11) is 0. The van der Waals surface area contributed by atoms with Crippen molar-refractivity contribution < 1.29 is 19.1 Å². The zero-order valence-corrected chi connectivity index (χ0v) is 14.6. The van der Waals surface area contributed by atoms with Gasteiger partial charge in [-0.1, -0.05) is 26.8 Å². The van der Waals surface area contributed by atoms with Gasteiger partial charge < -0.3 is 14.4 Å². The van der Waals surface area contributed by atoms with Crippen molar-refractivity contribution in [2.45, 2.75) is 33.4 Å². The first-order valence-electron chi connectivity index (χ1n) is 7.65. The summed E-state index contributed by atoms with van der Waals surface area (Å²) >= 11 is 1.45. The van der Waals surface area contributed by atoms with Gasteiger partial charge in [0.2, 0.25) is 0 Å². The Bertz CT molecular complexity index is 782. The van der Waals surface area contributed by atoms with Crippen molar-refractivity contribution in [2.24, 2.45) is 5.41 Å². The molecule has 24 heavy (non-hydrogen) atoms. The summed E-state index contributed by atoms with van der Waals surface area (Å²) in [6, 6.07) is 6.65. The highest BCUT2D eigenvalue weighted by Gasteiger charge is 2.46. The van der Waals surface area contributed by atoms with Crippen LogP contribution in [0.4, 0.5) is 0 Å². The van der Waals surface area contributed by atoms with Crippen molar-refractivity contribution >= 4 is 23.0 Å². The Balaban J connectivity index is 2.06. The predicted molar refractivity (Wildman–Crippen MR) is 90.4 cm³/mol. The Kier molecular flexibility index (Phi) is 4.09. The zero-order chi connectivity index (χ0) is 17.5. The van der Waals surface area contributed by atoms with E-state index >= 15 is 0 Å². The van der Waals surface area contributed by atoms with Gasteiger partial charge in [0.15, 0.2) is 11.5 Å². The smallest absolute Gasteiger partial charge is 0.290 e. The van der Waals surface area contributed by atoms with Crippen molar-refractivity contribution in [3.8, 4) is 0 Å². The van der Waals surface area contributed by atoms with Crippen molar-refractivity contribution in [3.05, 3.63) is 57.9 Å². The van der Waals surface area contributed by atoms with Gasteiger partial charge in [-0.25, -0.2) is 0 Å². The van der Waals surface area contributed by atoms with Crippen LogP contribution in [0.25, 0.3) is 0 Å². The minimum atomic E-state index is -0.695. The molecule has 2 aromatic rings. The topological polar surface area (TPSA) is 70.8 Å². The van der Waals surface area contributed by atoms with Crippen molar-refractivity contribution in [1.29, 1.82) is 0 Å². The molecule has 5 nitrogen and oxygen atoms in total. The fourth-order valence-corrected chi connectivity index (χ4v) is 3.61. The maximum atomic E-state index is 12.9. The highest BCUT2D eigenvalue weighted by Crippen LogP contribution is 2.42. The number of thiophene rings is 1. The van der Waals surface area contributed by atoms with E-state index in [9.17, 15) is 14.7 Å². The molecule has 0 fully saturated rings. The van der Waals surface area contributed by atoms with E-state index in [0.29, 0.717) is 5.76 Å². The van der Waals surface area contributed by atoms with Gasteiger partial charge in [-0.3, -0.25) is 9.59 Å². The second-order valence-electron chi connectivity index (χ2n) is 6.77. The van der Waals surface area contributed by atoms with E-state index < -0.39 is 23.1 Å². The summed E-state index contributed by atoms with van der Waals surface area (Å²) in [4.78, 5) is 27.8. The maximum absolute atomic E-state index is 12.9. The second-order valence-corrected chi connectivity index (χ2v) is 7.75. The molecule has 1 amide bonds. The average molecular weight is 345 g/mol. The molecule has 0 radical (unpaired) electrons. The summed E-state index contributed by atoms with van der Waals surface area (Å²) < 4.78 is 5.33. The Morgan fingerprint density at radius 3 is 2.62 bits per heavy atom. The van der Waals surface area contributed by atoms with E-state index in [1.807, 2.05) is 17.5 Å². The monoisotopic (exact) mass is 345 g/mol. The van der Waals surface area contributed by atoms with E-state index in [2.05, 4.69) is 0 Å². The van der Waals surface area contributed by atoms with Crippen molar-refractivity contribution in [3.63, 3.8) is 0 Å². The quantitative estimate of drug-likeness (QED) is 0.913. The first-order valence-corrected chi connectivity index (χ1v) is 8.53. The molecule has 3 heterocycles. The SMILES string of the molecule is CC(C)(C)C(=O)C1=C(O)C(=O)N(Cc2ccco2)C1c1cccs1. The van der Waals surface area contributed by atoms with Crippen LogP contribution >= 0.6 is 11.3 Å². The van der Waals surface area contributed by atoms with Crippen LogP contribution in [0.5, 0.6) is 0 Å². The molecule has 1 aliphatic rings. The van der Waals surface area contributed by atoms with E-state index in [1.165, 1.54) is 22.5 Å². The summed E-state index contributed by atoms with van der Waals surface area (Å²) in [6.07, 6.45) is 1.53. The van der Waals surface area contributed by atoms with Gasteiger partial charge in [0.25, 0.3) is 5.91 Å². The fraction of sp³-hybridized carbons (Fsp3) is 0.333. The number of aliphatic hydroxyl groups is 1. The van der Waals surface area contributed by atoms with Gasteiger partial charge in [-0.05, 0) is 23.6 Å². The number of furan rings is 1. The molecule has 1 unspecified atom stereocenters. The van der Waals surface area contributed by atoms with E-state index in [4.69, 9.17) is 4.42 Å². The number of hydrogen-bond donors (Lipinski definition) is 1. The molecule has 0 saturated carbocycles. The van der Waals surface area contributed by atoms with E-state index in [0.717, 1.165) is 4.88 Å². The number of amides is 1. The van der Waals surface area contributed by atoms with Crippen LogP contribution in [0.15, 0.2) is 51.7 Å². The van der Waals surface area contributed by atoms with Gasteiger partial charge in [-0.2, -0.15) is 0 Å². The third-order valence-electron chi connectivity index (χ3n) is 3.95. The first-order chi connectivity index (χ1) is 11.3. The lowest BCUT2D eigenvalue weighted by molar-refractivity contribution is -0.130. The third kappa shape index (κ3) is 2.78. The summed E-state index contributed by atoms with van der Waals surface area (Å²) in [5.41, 5.74) is -0.527. The normalized spacial score (nSPS) is 18.5. The summed E-state index contributed by atoms with van der Waals surface area (Å²) in [5, 5.41) is 12.3. The molecule has 3 rings (SSSR count). The van der Waals surface area contributed by atoms with Crippen LogP contribution in [0.2, 0.25) is 0 Å². The lowest BCUT2D eigenvalue weighted by Crippen LogP contribution is -2.31. The standard InChI is InChI=1S/C18H19NO4S/c1-18(2,3)16(21)13-14(12-7-5-9-24-12)19(17(22)15(13)20)10-11-6-4-8-23-11/h4-9,14,20H,10H2,1-3H3. The van der Waals surface area contributed by atoms with Crippen LogP contribution in [-0.4, -0.2) is 21.7 Å². The number of rotatable bonds is 4. The Labute approximate surface area is 144 Å². The maximum Gasteiger partial charge on any atom is 0.290 e. The van der Waals surface area contributed by atoms with Gasteiger partial charge in [0.1, 0.15) is 5.76 Å². The van der Waals surface area contributed by atoms with Crippen LogP contribution in [0, 0.1) is 5.41 Å². The number of nitrogens with zero attached hydrogens (tertiary/aromatic N) is 1. The second kappa shape index (κ2) is 5.94. The number of carbonyl (C=O) groups excluding carboxylic acids is 2. The van der Waals surface area contributed by atoms with Gasteiger partial charge in [0.05, 0.1) is 24.4 Å². The lowest BCUT2D eigenvalue weighted by atomic mass is 9.83. The zero-order valence-electron chi connectivity index (χ0n) is 13.8. The van der Waals surface area contributed by atoms with Crippen LogP contribution < -0.4 is 0 Å². The lowest BCUT2D eigenvalue weighted by Gasteiger charge is -2.27. The van der Waals surface area contributed by atoms with Crippen molar-refractivity contribution in [1.82, 2.24) is 4.90 Å².